The Balaban J connectivity index is 2.17. The number of hydrogen-bond acceptors (Lipinski definition) is 6. The Hall–Kier alpha value is -2.38. The number of amides is 2. The normalized spacial score (nSPS) is 25.9. The molecule has 2 N–H and O–H groups in total. The predicted molar refractivity (Wildman–Crippen MR) is 115 cm³/mol. The zero-order valence-corrected chi connectivity index (χ0v) is 19.3. The molecule has 1 saturated carbocycles. The molecule has 0 spiro atoms. The van der Waals surface area contributed by atoms with Crippen molar-refractivity contribution in [2.75, 3.05) is 14.2 Å². The van der Waals surface area contributed by atoms with E-state index in [-0.39, 0.29) is 35.5 Å². The lowest BCUT2D eigenvalue weighted by Gasteiger charge is -2.29. The summed E-state index contributed by atoms with van der Waals surface area (Å²) in [6.07, 6.45) is 5.55. The highest BCUT2D eigenvalue weighted by atomic mass is 16.5. The second-order valence-corrected chi connectivity index (χ2v) is 9.43. The highest BCUT2D eigenvalue weighted by molar-refractivity contribution is 5.93. The monoisotopic (exact) mass is 436 g/mol. The number of hydrogen-bond donors (Lipinski definition) is 2. The number of esters is 2. The summed E-state index contributed by atoms with van der Waals surface area (Å²) in [4.78, 5) is 50.7. The maximum atomic E-state index is 13.2. The fourth-order valence-electron chi connectivity index (χ4n) is 4.73. The van der Waals surface area contributed by atoms with Gasteiger partial charge in [-0.25, -0.2) is 9.59 Å². The summed E-state index contributed by atoms with van der Waals surface area (Å²) < 4.78 is 9.69. The molecule has 4 unspecified atom stereocenters. The van der Waals surface area contributed by atoms with Crippen LogP contribution in [0, 0.1) is 35.5 Å². The van der Waals surface area contributed by atoms with E-state index >= 15 is 0 Å². The smallest absolute Gasteiger partial charge is 0.328 e. The van der Waals surface area contributed by atoms with Crippen LogP contribution in [-0.4, -0.2) is 50.1 Å². The number of rotatable bonds is 10. The zero-order chi connectivity index (χ0) is 23.3. The van der Waals surface area contributed by atoms with Gasteiger partial charge in [-0.3, -0.25) is 9.59 Å². The van der Waals surface area contributed by atoms with Crippen LogP contribution in [-0.2, 0) is 28.7 Å². The van der Waals surface area contributed by atoms with E-state index in [4.69, 9.17) is 9.47 Å². The standard InChI is InChI=1S/C23H36N2O6/c1-12(2)9-16(22(28)30-5)24-20(26)18-14-7-8-15(11-14)19(18)21(27)25-17(10-13(3)4)23(29)31-6/h7-8,12-19H,9-11H2,1-6H3,(H,24,26)(H,25,27)/t14?,15?,16-,17-,18?,19?/m0/s1. The van der Waals surface area contributed by atoms with Crippen LogP contribution in [0.15, 0.2) is 12.2 Å². The van der Waals surface area contributed by atoms with Gasteiger partial charge in [0.05, 0.1) is 26.1 Å². The Morgan fingerprint density at radius 3 is 1.42 bits per heavy atom. The van der Waals surface area contributed by atoms with Gasteiger partial charge in [0.25, 0.3) is 0 Å². The molecule has 2 amide bonds. The molecule has 2 bridgehead atoms. The zero-order valence-electron chi connectivity index (χ0n) is 19.3. The Morgan fingerprint density at radius 2 is 1.13 bits per heavy atom. The van der Waals surface area contributed by atoms with E-state index in [1.807, 2.05) is 39.8 Å². The van der Waals surface area contributed by atoms with Crippen molar-refractivity contribution in [1.82, 2.24) is 10.6 Å². The topological polar surface area (TPSA) is 111 Å². The summed E-state index contributed by atoms with van der Waals surface area (Å²) in [6, 6.07) is -1.51. The molecule has 2 aliphatic carbocycles. The summed E-state index contributed by atoms with van der Waals surface area (Å²) in [5.74, 6) is -2.61. The van der Waals surface area contributed by atoms with E-state index < -0.39 is 35.9 Å². The van der Waals surface area contributed by atoms with Crippen molar-refractivity contribution in [3.05, 3.63) is 12.2 Å². The van der Waals surface area contributed by atoms with Gasteiger partial charge in [0.15, 0.2) is 0 Å². The molecule has 0 aromatic rings. The predicted octanol–water partition coefficient (Wildman–Crippen LogP) is 1.83. The second-order valence-electron chi connectivity index (χ2n) is 9.43. The van der Waals surface area contributed by atoms with Crippen molar-refractivity contribution >= 4 is 23.8 Å². The minimum Gasteiger partial charge on any atom is -0.467 e. The maximum absolute atomic E-state index is 13.2. The SMILES string of the molecule is COC(=O)[C@H](CC(C)C)NC(=O)C1C2C=CC(C2)C1C(=O)N[C@@H](CC(C)C)C(=O)OC. The largest absolute Gasteiger partial charge is 0.467 e. The highest BCUT2D eigenvalue weighted by Crippen LogP contribution is 2.48. The number of methoxy groups -OCH3 is 2. The van der Waals surface area contributed by atoms with Crippen molar-refractivity contribution in [3.63, 3.8) is 0 Å². The number of nitrogens with one attached hydrogen (secondary N) is 2. The molecule has 0 aliphatic heterocycles. The minimum absolute atomic E-state index is 0.0697. The summed E-state index contributed by atoms with van der Waals surface area (Å²) in [5.41, 5.74) is 0. The fourth-order valence-corrected chi connectivity index (χ4v) is 4.73. The molecular formula is C23H36N2O6. The number of fused-ring (bicyclic) bond motifs is 2. The van der Waals surface area contributed by atoms with E-state index in [0.717, 1.165) is 0 Å². The van der Waals surface area contributed by atoms with Gasteiger partial charge in [-0.05, 0) is 42.9 Å². The van der Waals surface area contributed by atoms with Crippen LogP contribution >= 0.6 is 0 Å². The Labute approximate surface area is 184 Å². The van der Waals surface area contributed by atoms with Crippen molar-refractivity contribution in [2.24, 2.45) is 35.5 Å². The average Bonchev–Trinajstić information content (AvgIpc) is 3.32. The quantitative estimate of drug-likeness (QED) is 0.399. The van der Waals surface area contributed by atoms with E-state index in [0.29, 0.717) is 19.3 Å². The molecule has 0 aromatic heterocycles. The van der Waals surface area contributed by atoms with E-state index in [1.165, 1.54) is 14.2 Å². The summed E-state index contributed by atoms with van der Waals surface area (Å²) in [7, 11) is 2.58. The first-order valence-corrected chi connectivity index (χ1v) is 11.0. The lowest BCUT2D eigenvalue weighted by molar-refractivity contribution is -0.148. The molecule has 174 valence electrons. The van der Waals surface area contributed by atoms with Crippen LogP contribution in [0.1, 0.15) is 47.0 Å². The van der Waals surface area contributed by atoms with Gasteiger partial charge in [0.2, 0.25) is 11.8 Å². The van der Waals surface area contributed by atoms with Gasteiger partial charge in [-0.2, -0.15) is 0 Å². The van der Waals surface area contributed by atoms with Crippen LogP contribution in [0.5, 0.6) is 0 Å². The Kier molecular flexibility index (Phi) is 8.65. The molecule has 0 radical (unpaired) electrons. The molecule has 6 atom stereocenters. The molecule has 31 heavy (non-hydrogen) atoms. The molecular weight excluding hydrogens is 400 g/mol. The van der Waals surface area contributed by atoms with Crippen LogP contribution in [0.25, 0.3) is 0 Å². The van der Waals surface area contributed by atoms with Crippen molar-refractivity contribution < 1.29 is 28.7 Å². The van der Waals surface area contributed by atoms with E-state index in [9.17, 15) is 19.2 Å². The maximum Gasteiger partial charge on any atom is 0.328 e. The first-order valence-electron chi connectivity index (χ1n) is 11.0. The van der Waals surface area contributed by atoms with Crippen LogP contribution in [0.4, 0.5) is 0 Å². The third-order valence-electron chi connectivity index (χ3n) is 6.08. The third kappa shape index (κ3) is 6.08. The molecule has 8 heteroatoms. The molecule has 0 aromatic carbocycles. The fraction of sp³-hybridized carbons (Fsp3) is 0.739. The lowest BCUT2D eigenvalue weighted by atomic mass is 9.81. The van der Waals surface area contributed by atoms with Gasteiger partial charge in [0, 0.05) is 0 Å². The van der Waals surface area contributed by atoms with E-state index in [2.05, 4.69) is 10.6 Å². The number of allylic oxidation sites excluding steroid dienone is 2. The van der Waals surface area contributed by atoms with Crippen molar-refractivity contribution in [2.45, 2.75) is 59.0 Å². The summed E-state index contributed by atoms with van der Waals surface area (Å²) in [5, 5.41) is 5.62. The van der Waals surface area contributed by atoms with Crippen LogP contribution in [0.2, 0.25) is 0 Å². The number of carbonyl (C=O) groups is 4. The Morgan fingerprint density at radius 1 is 0.774 bits per heavy atom. The minimum atomic E-state index is -0.756. The number of carbonyl (C=O) groups excluding carboxylic acids is 4. The molecule has 0 saturated heterocycles. The molecule has 1 fully saturated rings. The molecule has 2 rings (SSSR count). The average molecular weight is 437 g/mol. The second kappa shape index (κ2) is 10.8. The molecule has 0 heterocycles. The third-order valence-corrected chi connectivity index (χ3v) is 6.08. The van der Waals surface area contributed by atoms with Gasteiger partial charge in [0.1, 0.15) is 12.1 Å². The Bertz CT molecular complexity index is 659. The van der Waals surface area contributed by atoms with Crippen LogP contribution < -0.4 is 10.6 Å². The first-order chi connectivity index (χ1) is 14.6. The van der Waals surface area contributed by atoms with Crippen molar-refractivity contribution in [3.8, 4) is 0 Å². The van der Waals surface area contributed by atoms with Gasteiger partial charge in [-0.1, -0.05) is 39.8 Å². The first kappa shape index (κ1) is 24.9. The van der Waals surface area contributed by atoms with Crippen LogP contribution in [0.3, 0.4) is 0 Å². The molecule has 2 aliphatic rings. The highest BCUT2D eigenvalue weighted by Gasteiger charge is 2.52. The lowest BCUT2D eigenvalue weighted by Crippen LogP contribution is -2.51. The van der Waals surface area contributed by atoms with Gasteiger partial charge in [-0.15, -0.1) is 0 Å². The van der Waals surface area contributed by atoms with Gasteiger partial charge >= 0.3 is 11.9 Å². The summed E-state index contributed by atoms with van der Waals surface area (Å²) >= 11 is 0. The van der Waals surface area contributed by atoms with Crippen molar-refractivity contribution in [1.29, 1.82) is 0 Å². The molecule has 8 nitrogen and oxygen atoms in total. The number of ether oxygens (including phenoxy) is 2. The van der Waals surface area contributed by atoms with E-state index in [1.54, 1.807) is 0 Å². The van der Waals surface area contributed by atoms with Gasteiger partial charge < -0.3 is 20.1 Å². The summed E-state index contributed by atoms with van der Waals surface area (Å²) in [6.45, 7) is 7.83.